The third kappa shape index (κ3) is 7.86. The van der Waals surface area contributed by atoms with Gasteiger partial charge in [0.25, 0.3) is 0 Å². The Hall–Kier alpha value is -2.73. The Morgan fingerprint density at radius 2 is 1.02 bits per heavy atom. The quantitative estimate of drug-likeness (QED) is 0.218. The maximum Gasteiger partial charge on any atom is -1.00 e. The minimum absolute atomic E-state index is 0. The van der Waals surface area contributed by atoms with E-state index in [1.807, 2.05) is 12.2 Å². The van der Waals surface area contributed by atoms with Crippen molar-refractivity contribution in [3.63, 3.8) is 0 Å². The van der Waals surface area contributed by atoms with E-state index in [0.717, 1.165) is 60.9 Å². The summed E-state index contributed by atoms with van der Waals surface area (Å²) in [5.74, 6) is 0. The number of hydrogen-bond donors (Lipinski definition) is 0. The summed E-state index contributed by atoms with van der Waals surface area (Å²) in [6.45, 7) is 12.9. The van der Waals surface area contributed by atoms with Crippen molar-refractivity contribution < 1.29 is 72.4 Å². The first-order valence-corrected chi connectivity index (χ1v) is 20.0. The van der Waals surface area contributed by atoms with Gasteiger partial charge < -0.3 is 24.8 Å². The summed E-state index contributed by atoms with van der Waals surface area (Å²) < 4.78 is 86.8. The van der Waals surface area contributed by atoms with Gasteiger partial charge >= 0.3 is 288 Å². The summed E-state index contributed by atoms with van der Waals surface area (Å²) in [4.78, 5) is 0. The predicted molar refractivity (Wildman–Crippen MR) is 179 cm³/mol. The minimum atomic E-state index is -4.61. The zero-order valence-electron chi connectivity index (χ0n) is 28.6. The van der Waals surface area contributed by atoms with Gasteiger partial charge in [-0.1, -0.05) is 0 Å². The molecule has 0 radical (unpaired) electrons. The van der Waals surface area contributed by atoms with E-state index in [2.05, 4.69) is 84.0 Å². The van der Waals surface area contributed by atoms with Crippen molar-refractivity contribution in [1.29, 1.82) is 0 Å². The van der Waals surface area contributed by atoms with Gasteiger partial charge in [0.05, 0.1) is 0 Å². The maximum absolute atomic E-state index is 14.2. The van der Waals surface area contributed by atoms with Gasteiger partial charge in [-0.2, -0.15) is 0 Å². The number of fused-ring (bicyclic) bond motifs is 3. The van der Waals surface area contributed by atoms with Gasteiger partial charge in [0.1, 0.15) is 0 Å². The molecule has 4 aromatic rings. The molecule has 0 aromatic heterocycles. The molecule has 0 atom stereocenters. The zero-order chi connectivity index (χ0) is 34.8. The average Bonchev–Trinajstić information content (AvgIpc) is 3.64. The molecule has 0 saturated carbocycles. The van der Waals surface area contributed by atoms with Crippen LogP contribution in [0.25, 0.3) is 11.1 Å². The minimum Gasteiger partial charge on any atom is -1.00 e. The summed E-state index contributed by atoms with van der Waals surface area (Å²) in [6.07, 6.45) is -2.52. The molecule has 0 N–H and O–H groups in total. The van der Waals surface area contributed by atoms with Gasteiger partial charge in [-0.3, -0.25) is 0 Å². The second-order valence-corrected chi connectivity index (χ2v) is 21.1. The van der Waals surface area contributed by atoms with Crippen molar-refractivity contribution in [2.45, 2.75) is 74.8 Å². The van der Waals surface area contributed by atoms with E-state index in [1.165, 1.54) is 12.1 Å². The molecule has 50 heavy (non-hydrogen) atoms. The first kappa shape index (κ1) is 40.0. The molecule has 0 spiro atoms. The Bertz CT molecular complexity index is 1880. The van der Waals surface area contributed by atoms with Crippen LogP contribution >= 0.6 is 0 Å². The van der Waals surface area contributed by atoms with Crippen LogP contribution in [-0.2, 0) is 44.4 Å². The SMILES string of the molecule is CC(C)(C)c1ccc2c(c1)[CH]([Zr+2]([C]1=CC=CC1)=[C](c1cccc(C(F)(F)F)c1)c1cccc(C(F)(F)F)c1)c1cc(C(C)(C)C)ccc1-2.[Cl-].[Cl-]. The molecule has 0 saturated heterocycles. The van der Waals surface area contributed by atoms with Gasteiger partial charge in [-0.15, -0.1) is 0 Å². The van der Waals surface area contributed by atoms with E-state index in [0.29, 0.717) is 20.8 Å². The monoisotopic (exact) mass is 804 g/mol. The van der Waals surface area contributed by atoms with Crippen molar-refractivity contribution in [2.24, 2.45) is 0 Å². The number of hydrogen-bond acceptors (Lipinski definition) is 0. The van der Waals surface area contributed by atoms with Crippen LogP contribution in [-0.4, -0.2) is 3.21 Å². The van der Waals surface area contributed by atoms with Gasteiger partial charge in [0.15, 0.2) is 0 Å². The number of alkyl halides is 6. The molecule has 262 valence electrons. The second-order valence-electron chi connectivity index (χ2n) is 14.8. The molecular formula is C41H38Cl2F6Zr. The van der Waals surface area contributed by atoms with Crippen molar-refractivity contribution in [1.82, 2.24) is 0 Å². The van der Waals surface area contributed by atoms with E-state index in [-0.39, 0.29) is 39.3 Å². The van der Waals surface area contributed by atoms with Crippen molar-refractivity contribution in [2.75, 3.05) is 0 Å². The third-order valence-corrected chi connectivity index (χ3v) is 17.7. The van der Waals surface area contributed by atoms with Crippen LogP contribution in [0.3, 0.4) is 0 Å². The average molecular weight is 807 g/mol. The zero-order valence-corrected chi connectivity index (χ0v) is 32.6. The van der Waals surface area contributed by atoms with E-state index in [4.69, 9.17) is 0 Å². The van der Waals surface area contributed by atoms with E-state index >= 15 is 0 Å². The van der Waals surface area contributed by atoms with Crippen molar-refractivity contribution in [3.05, 3.63) is 151 Å². The fourth-order valence-electron chi connectivity index (χ4n) is 6.82. The maximum atomic E-state index is 14.2. The molecule has 0 aliphatic heterocycles. The third-order valence-electron chi connectivity index (χ3n) is 9.38. The van der Waals surface area contributed by atoms with E-state index < -0.39 is 44.7 Å². The van der Waals surface area contributed by atoms with Crippen LogP contribution in [0.15, 0.2) is 106 Å². The molecular weight excluding hydrogens is 769 g/mol. The predicted octanol–water partition coefficient (Wildman–Crippen LogP) is 6.13. The summed E-state index contributed by atoms with van der Waals surface area (Å²) in [6, 6.07) is 23.4. The Kier molecular flexibility index (Phi) is 11.5. The molecule has 2 aliphatic rings. The fourth-order valence-corrected chi connectivity index (χ4v) is 15.7. The molecule has 0 amide bonds. The van der Waals surface area contributed by atoms with Crippen LogP contribution in [0.4, 0.5) is 26.3 Å². The molecule has 2 aliphatic carbocycles. The number of rotatable bonds is 4. The molecule has 0 nitrogen and oxygen atoms in total. The van der Waals surface area contributed by atoms with Gasteiger partial charge in [-0.25, -0.2) is 0 Å². The standard InChI is InChI=1S/C21H25.C15H8F6.C5H5.2ClH.Zr/c1-20(2,3)16-7-9-18-14(12-16)11-15-13-17(21(4,5)6)8-10-19(15)18;16-14(17,18)12-5-1-3-10(8-12)7-11-4-2-6-13(9-11)15(19,20)21;1-2-4-5-3-1;;;/h7-13H,1-6H3;1-6,8-9H;1-3H,4H2;2*1H;/q;;;;;+2/p-2. The van der Waals surface area contributed by atoms with Crippen LogP contribution in [0.5, 0.6) is 0 Å². The number of halogens is 8. The van der Waals surface area contributed by atoms with Gasteiger partial charge in [-0.05, 0) is 0 Å². The van der Waals surface area contributed by atoms with Gasteiger partial charge in [0.2, 0.25) is 0 Å². The topological polar surface area (TPSA) is 0 Å². The summed E-state index contributed by atoms with van der Waals surface area (Å²) in [5, 5.41) is 0. The normalized spacial score (nSPS) is 14.2. The Morgan fingerprint density at radius 3 is 1.38 bits per heavy atom. The van der Waals surface area contributed by atoms with Crippen molar-refractivity contribution in [3.8, 4) is 11.1 Å². The second kappa shape index (κ2) is 14.4. The smallest absolute Gasteiger partial charge is 1.00 e. The summed E-state index contributed by atoms with van der Waals surface area (Å²) in [7, 11) is 0. The van der Waals surface area contributed by atoms with Crippen LogP contribution in [0.1, 0.15) is 96.1 Å². The summed E-state index contributed by atoms with van der Waals surface area (Å²) >= 11 is -3.58. The Morgan fingerprint density at radius 1 is 0.580 bits per heavy atom. The molecule has 4 aromatic carbocycles. The molecule has 6 rings (SSSR count). The van der Waals surface area contributed by atoms with Crippen LogP contribution in [0.2, 0.25) is 0 Å². The number of allylic oxidation sites excluding steroid dienone is 4. The molecule has 0 bridgehead atoms. The fraction of sp³-hybridized carbons (Fsp3) is 0.293. The van der Waals surface area contributed by atoms with Crippen LogP contribution in [0, 0.1) is 0 Å². The number of benzene rings is 4. The Balaban J connectivity index is 0.00000281. The summed E-state index contributed by atoms with van der Waals surface area (Å²) in [5.41, 5.74) is 5.36. The van der Waals surface area contributed by atoms with Crippen molar-refractivity contribution >= 4 is 3.21 Å². The van der Waals surface area contributed by atoms with E-state index in [1.54, 1.807) is 12.1 Å². The first-order chi connectivity index (χ1) is 22.3. The van der Waals surface area contributed by atoms with Crippen LogP contribution < -0.4 is 24.8 Å². The molecule has 9 heteroatoms. The Labute approximate surface area is 310 Å². The van der Waals surface area contributed by atoms with E-state index in [9.17, 15) is 26.3 Å². The van der Waals surface area contributed by atoms with Gasteiger partial charge in [0, 0.05) is 0 Å². The molecule has 0 fully saturated rings. The largest absolute Gasteiger partial charge is 1.00 e. The molecule has 0 heterocycles. The first-order valence-electron chi connectivity index (χ1n) is 16.1. The molecule has 0 unspecified atom stereocenters.